The fourth-order valence-electron chi connectivity index (χ4n) is 2.76. The van der Waals surface area contributed by atoms with Crippen LogP contribution in [0.25, 0.3) is 0 Å². The summed E-state index contributed by atoms with van der Waals surface area (Å²) in [6, 6.07) is 6.52. The molecular weight excluding hydrogens is 238 g/mol. The van der Waals surface area contributed by atoms with Crippen molar-refractivity contribution in [3.05, 3.63) is 34.9 Å². The van der Waals surface area contributed by atoms with Gasteiger partial charge in [-0.3, -0.25) is 9.69 Å². The first kappa shape index (κ1) is 14.0. The van der Waals surface area contributed by atoms with Crippen LogP contribution in [0.15, 0.2) is 18.2 Å². The van der Waals surface area contributed by atoms with Gasteiger partial charge in [-0.1, -0.05) is 29.3 Å². The molecule has 19 heavy (non-hydrogen) atoms. The summed E-state index contributed by atoms with van der Waals surface area (Å²) in [5.74, 6) is 0.0941. The lowest BCUT2D eigenvalue weighted by molar-refractivity contribution is -0.126. The second-order valence-corrected chi connectivity index (χ2v) is 5.30. The lowest BCUT2D eigenvalue weighted by Gasteiger charge is -2.35. The van der Waals surface area contributed by atoms with Crippen LogP contribution >= 0.6 is 0 Å². The molecule has 0 bridgehead atoms. The highest BCUT2D eigenvalue weighted by atomic mass is 16.2. The second-order valence-electron chi connectivity index (χ2n) is 5.30. The molecule has 0 radical (unpaired) electrons. The Morgan fingerprint density at radius 1 is 1.37 bits per heavy atom. The first-order valence-electron chi connectivity index (χ1n) is 6.83. The molecule has 4 nitrogen and oxygen atoms in total. The van der Waals surface area contributed by atoms with Crippen molar-refractivity contribution in [1.82, 2.24) is 15.5 Å². The highest BCUT2D eigenvalue weighted by Crippen LogP contribution is 2.14. The third kappa shape index (κ3) is 3.55. The van der Waals surface area contributed by atoms with E-state index in [2.05, 4.69) is 47.6 Å². The number of carbonyl (C=O) groups excluding carboxylic acids is 1. The minimum absolute atomic E-state index is 0.0698. The molecule has 0 aromatic heterocycles. The number of benzene rings is 1. The van der Waals surface area contributed by atoms with Gasteiger partial charge in [0.15, 0.2) is 0 Å². The number of carbonyl (C=O) groups is 1. The molecule has 2 N–H and O–H groups in total. The zero-order valence-electron chi connectivity index (χ0n) is 12.0. The Bertz CT molecular complexity index is 438. The summed E-state index contributed by atoms with van der Waals surface area (Å²) in [5, 5.41) is 6.04. The van der Waals surface area contributed by atoms with Crippen LogP contribution in [0.1, 0.15) is 16.7 Å². The zero-order chi connectivity index (χ0) is 13.8. The van der Waals surface area contributed by atoms with Gasteiger partial charge in [0.1, 0.15) is 6.04 Å². The Morgan fingerprint density at radius 3 is 2.68 bits per heavy atom. The molecule has 1 heterocycles. The topological polar surface area (TPSA) is 44.4 Å². The van der Waals surface area contributed by atoms with E-state index in [1.807, 2.05) is 0 Å². The van der Waals surface area contributed by atoms with E-state index in [1.165, 1.54) is 16.7 Å². The summed E-state index contributed by atoms with van der Waals surface area (Å²) in [7, 11) is 1.70. The molecule has 104 valence electrons. The third-order valence-corrected chi connectivity index (χ3v) is 3.57. The Labute approximate surface area is 115 Å². The normalized spacial score (nSPS) is 20.3. The number of rotatable bonds is 3. The summed E-state index contributed by atoms with van der Waals surface area (Å²) in [5.41, 5.74) is 3.84. The summed E-state index contributed by atoms with van der Waals surface area (Å²) in [6.07, 6.45) is 0. The van der Waals surface area contributed by atoms with Crippen molar-refractivity contribution in [3.63, 3.8) is 0 Å². The van der Waals surface area contributed by atoms with E-state index in [1.54, 1.807) is 7.05 Å². The molecule has 1 amide bonds. The van der Waals surface area contributed by atoms with E-state index in [9.17, 15) is 4.79 Å². The average Bonchev–Trinajstić information content (AvgIpc) is 2.37. The van der Waals surface area contributed by atoms with Crippen LogP contribution < -0.4 is 10.6 Å². The van der Waals surface area contributed by atoms with Crippen LogP contribution in [0.3, 0.4) is 0 Å². The summed E-state index contributed by atoms with van der Waals surface area (Å²) >= 11 is 0. The number of amides is 1. The lowest BCUT2D eigenvalue weighted by Crippen LogP contribution is -2.56. The predicted octanol–water partition coefficient (Wildman–Crippen LogP) is 0.823. The standard InChI is InChI=1S/C15H23N3O/c1-11-6-12(2)8-13(7-11)10-18-5-4-17-9-14(18)15(19)16-3/h6-8,14,17H,4-5,9-10H2,1-3H3,(H,16,19). The predicted molar refractivity (Wildman–Crippen MR) is 77.1 cm³/mol. The maximum Gasteiger partial charge on any atom is 0.238 e. The Kier molecular flexibility index (Phi) is 4.56. The number of nitrogens with zero attached hydrogens (tertiary/aromatic N) is 1. The molecule has 1 aromatic carbocycles. The van der Waals surface area contributed by atoms with Crippen LogP contribution in [-0.2, 0) is 11.3 Å². The molecule has 0 saturated carbocycles. The van der Waals surface area contributed by atoms with Gasteiger partial charge >= 0.3 is 0 Å². The van der Waals surface area contributed by atoms with Gasteiger partial charge in [-0.2, -0.15) is 0 Å². The molecule has 0 aliphatic carbocycles. The van der Waals surface area contributed by atoms with E-state index in [0.717, 1.165) is 26.2 Å². The fourth-order valence-corrected chi connectivity index (χ4v) is 2.76. The van der Waals surface area contributed by atoms with Crippen molar-refractivity contribution in [2.45, 2.75) is 26.4 Å². The van der Waals surface area contributed by atoms with Crippen LogP contribution in [-0.4, -0.2) is 43.5 Å². The van der Waals surface area contributed by atoms with Crippen LogP contribution in [0.5, 0.6) is 0 Å². The fraction of sp³-hybridized carbons (Fsp3) is 0.533. The number of likely N-dealkylation sites (N-methyl/N-ethyl adjacent to an activating group) is 1. The van der Waals surface area contributed by atoms with E-state index < -0.39 is 0 Å². The smallest absolute Gasteiger partial charge is 0.238 e. The summed E-state index contributed by atoms with van der Waals surface area (Å²) in [4.78, 5) is 14.2. The lowest BCUT2D eigenvalue weighted by atomic mass is 10.1. The van der Waals surface area contributed by atoms with E-state index in [0.29, 0.717) is 0 Å². The van der Waals surface area contributed by atoms with Crippen LogP contribution in [0.2, 0.25) is 0 Å². The number of hydrogen-bond donors (Lipinski definition) is 2. The van der Waals surface area contributed by atoms with Gasteiger partial charge in [-0.15, -0.1) is 0 Å². The van der Waals surface area contributed by atoms with Gasteiger partial charge in [-0.05, 0) is 19.4 Å². The molecule has 1 saturated heterocycles. The maximum absolute atomic E-state index is 11.9. The molecule has 2 rings (SSSR count). The number of hydrogen-bond acceptors (Lipinski definition) is 3. The summed E-state index contributed by atoms with van der Waals surface area (Å²) < 4.78 is 0. The minimum atomic E-state index is -0.0698. The van der Waals surface area contributed by atoms with E-state index in [-0.39, 0.29) is 11.9 Å². The molecule has 1 atom stereocenters. The molecule has 1 unspecified atom stereocenters. The van der Waals surface area contributed by atoms with Crippen LogP contribution in [0.4, 0.5) is 0 Å². The number of piperazine rings is 1. The number of nitrogens with one attached hydrogen (secondary N) is 2. The van der Waals surface area contributed by atoms with Gasteiger partial charge in [0, 0.05) is 33.2 Å². The van der Waals surface area contributed by atoms with E-state index >= 15 is 0 Å². The van der Waals surface area contributed by atoms with Crippen molar-refractivity contribution >= 4 is 5.91 Å². The maximum atomic E-state index is 11.9. The van der Waals surface area contributed by atoms with Gasteiger partial charge < -0.3 is 10.6 Å². The van der Waals surface area contributed by atoms with Gasteiger partial charge in [0.2, 0.25) is 5.91 Å². The van der Waals surface area contributed by atoms with Crippen molar-refractivity contribution < 1.29 is 4.79 Å². The molecule has 1 fully saturated rings. The minimum Gasteiger partial charge on any atom is -0.358 e. The number of aryl methyl sites for hydroxylation is 2. The van der Waals surface area contributed by atoms with Crippen molar-refractivity contribution in [3.8, 4) is 0 Å². The SMILES string of the molecule is CNC(=O)C1CNCCN1Cc1cc(C)cc(C)c1. The monoisotopic (exact) mass is 261 g/mol. The zero-order valence-corrected chi connectivity index (χ0v) is 12.0. The molecule has 0 spiro atoms. The first-order chi connectivity index (χ1) is 9.10. The first-order valence-corrected chi connectivity index (χ1v) is 6.83. The molecule has 1 aliphatic rings. The Hall–Kier alpha value is -1.39. The van der Waals surface area contributed by atoms with Crippen molar-refractivity contribution in [1.29, 1.82) is 0 Å². The van der Waals surface area contributed by atoms with E-state index in [4.69, 9.17) is 0 Å². The van der Waals surface area contributed by atoms with Crippen molar-refractivity contribution in [2.24, 2.45) is 0 Å². The highest BCUT2D eigenvalue weighted by molar-refractivity contribution is 5.81. The quantitative estimate of drug-likeness (QED) is 0.847. The van der Waals surface area contributed by atoms with Crippen molar-refractivity contribution in [2.75, 3.05) is 26.7 Å². The highest BCUT2D eigenvalue weighted by Gasteiger charge is 2.27. The second kappa shape index (κ2) is 6.17. The average molecular weight is 261 g/mol. The Balaban J connectivity index is 2.12. The molecule has 1 aliphatic heterocycles. The molecule has 1 aromatic rings. The molecular formula is C15H23N3O. The Morgan fingerprint density at radius 2 is 2.05 bits per heavy atom. The van der Waals surface area contributed by atoms with Gasteiger partial charge in [-0.25, -0.2) is 0 Å². The van der Waals surface area contributed by atoms with Gasteiger partial charge in [0.05, 0.1) is 0 Å². The van der Waals surface area contributed by atoms with Crippen LogP contribution in [0, 0.1) is 13.8 Å². The molecule has 4 heteroatoms. The third-order valence-electron chi connectivity index (χ3n) is 3.57. The largest absolute Gasteiger partial charge is 0.358 e. The summed E-state index contributed by atoms with van der Waals surface area (Å²) in [6.45, 7) is 7.64. The van der Waals surface area contributed by atoms with Gasteiger partial charge in [0.25, 0.3) is 0 Å².